The Kier molecular flexibility index (Phi) is 4.56. The van der Waals surface area contributed by atoms with E-state index in [0.29, 0.717) is 0 Å². The zero-order chi connectivity index (χ0) is 20.0. The van der Waals surface area contributed by atoms with Gasteiger partial charge < -0.3 is 9.64 Å². The number of benzene rings is 2. The lowest BCUT2D eigenvalue weighted by atomic mass is 9.75. The molecule has 0 atom stereocenters. The van der Waals surface area contributed by atoms with Crippen molar-refractivity contribution in [1.82, 2.24) is 0 Å². The van der Waals surface area contributed by atoms with E-state index in [-0.39, 0.29) is 11.3 Å². The van der Waals surface area contributed by atoms with Crippen LogP contribution < -0.4 is 4.90 Å². The Morgan fingerprint density at radius 2 is 1.79 bits per heavy atom. The summed E-state index contributed by atoms with van der Waals surface area (Å²) in [4.78, 5) is 17.3. The van der Waals surface area contributed by atoms with Gasteiger partial charge in [-0.2, -0.15) is 0 Å². The Morgan fingerprint density at radius 1 is 1.00 bits per heavy atom. The summed E-state index contributed by atoms with van der Waals surface area (Å²) in [7, 11) is 0. The maximum absolute atomic E-state index is 13.4. The van der Waals surface area contributed by atoms with Gasteiger partial charge in [-0.3, -0.25) is 4.79 Å². The van der Waals surface area contributed by atoms with Gasteiger partial charge in [0, 0.05) is 35.7 Å². The van der Waals surface area contributed by atoms with Gasteiger partial charge >= 0.3 is 0 Å². The van der Waals surface area contributed by atoms with E-state index in [9.17, 15) is 4.79 Å². The summed E-state index contributed by atoms with van der Waals surface area (Å²) in [6.07, 6.45) is 1.93. The van der Waals surface area contributed by atoms with Crippen molar-refractivity contribution >= 4 is 22.9 Å². The molecule has 0 saturated carbocycles. The number of aryl methyl sites for hydroxylation is 2. The van der Waals surface area contributed by atoms with E-state index in [4.69, 9.17) is 4.74 Å². The second-order valence-electron chi connectivity index (χ2n) is 8.30. The number of fused-ring (bicyclic) bond motifs is 2. The Labute approximate surface area is 175 Å². The van der Waals surface area contributed by atoms with Crippen molar-refractivity contribution in [3.63, 3.8) is 0 Å². The highest BCUT2D eigenvalue weighted by molar-refractivity contribution is 7.14. The number of amides is 1. The molecule has 0 N–H and O–H groups in total. The van der Waals surface area contributed by atoms with Crippen LogP contribution in [0.5, 0.6) is 0 Å². The molecule has 5 rings (SSSR count). The van der Waals surface area contributed by atoms with E-state index in [0.717, 1.165) is 43.2 Å². The number of anilines is 1. The monoisotopic (exact) mass is 403 g/mol. The Bertz CT molecular complexity index is 1080. The van der Waals surface area contributed by atoms with Crippen molar-refractivity contribution < 1.29 is 9.53 Å². The third-order valence-corrected chi connectivity index (χ3v) is 7.31. The molecule has 29 heavy (non-hydrogen) atoms. The number of hydrogen-bond donors (Lipinski definition) is 0. The van der Waals surface area contributed by atoms with Gasteiger partial charge in [-0.05, 0) is 67.6 Å². The van der Waals surface area contributed by atoms with Crippen molar-refractivity contribution in [2.24, 2.45) is 0 Å². The SMILES string of the molecule is Cc1cccc(-c2ccc3c(c2)C2(CCOCC2)CN3C(=O)c2ccc(C)s2)c1. The molecule has 2 aliphatic rings. The first-order valence-corrected chi connectivity index (χ1v) is 11.1. The Hall–Kier alpha value is -2.43. The normalized spacial score (nSPS) is 17.5. The summed E-state index contributed by atoms with van der Waals surface area (Å²) in [5.41, 5.74) is 6.08. The van der Waals surface area contributed by atoms with Gasteiger partial charge in [0.1, 0.15) is 0 Å². The number of carbonyl (C=O) groups excluding carboxylic acids is 1. The van der Waals surface area contributed by atoms with Crippen LogP contribution in [0, 0.1) is 13.8 Å². The van der Waals surface area contributed by atoms with Crippen molar-refractivity contribution in [3.8, 4) is 11.1 Å². The lowest BCUT2D eigenvalue weighted by Gasteiger charge is -2.34. The van der Waals surface area contributed by atoms with Gasteiger partial charge in [0.25, 0.3) is 5.91 Å². The minimum Gasteiger partial charge on any atom is -0.381 e. The minimum atomic E-state index is -0.00458. The molecule has 3 aromatic rings. The zero-order valence-corrected chi connectivity index (χ0v) is 17.7. The quantitative estimate of drug-likeness (QED) is 0.546. The average Bonchev–Trinajstić information content (AvgIpc) is 3.30. The number of nitrogens with zero attached hydrogens (tertiary/aromatic N) is 1. The molecule has 1 spiro atoms. The van der Waals surface area contributed by atoms with Crippen molar-refractivity contribution in [1.29, 1.82) is 0 Å². The van der Waals surface area contributed by atoms with Crippen LogP contribution in [0.4, 0.5) is 5.69 Å². The van der Waals surface area contributed by atoms with Crippen molar-refractivity contribution in [3.05, 3.63) is 75.5 Å². The highest BCUT2D eigenvalue weighted by atomic mass is 32.1. The molecule has 1 fully saturated rings. The third kappa shape index (κ3) is 3.21. The largest absolute Gasteiger partial charge is 0.381 e. The number of rotatable bonds is 2. The summed E-state index contributed by atoms with van der Waals surface area (Å²) >= 11 is 1.58. The smallest absolute Gasteiger partial charge is 0.268 e. The molecule has 0 aliphatic carbocycles. The van der Waals surface area contributed by atoms with E-state index in [1.54, 1.807) is 11.3 Å². The Morgan fingerprint density at radius 3 is 2.52 bits per heavy atom. The van der Waals surface area contributed by atoms with Crippen LogP contribution in [-0.2, 0) is 10.2 Å². The van der Waals surface area contributed by atoms with Crippen LogP contribution in [0.3, 0.4) is 0 Å². The van der Waals surface area contributed by atoms with Gasteiger partial charge in [-0.25, -0.2) is 0 Å². The maximum Gasteiger partial charge on any atom is 0.268 e. The molecule has 1 amide bonds. The first-order chi connectivity index (χ1) is 14.1. The van der Waals surface area contributed by atoms with Crippen LogP contribution in [0.2, 0.25) is 0 Å². The molecular formula is C25H25NO2S. The molecular weight excluding hydrogens is 378 g/mol. The predicted molar refractivity (Wildman–Crippen MR) is 119 cm³/mol. The zero-order valence-electron chi connectivity index (χ0n) is 16.9. The number of carbonyl (C=O) groups is 1. The first kappa shape index (κ1) is 18.6. The molecule has 2 aromatic carbocycles. The molecule has 1 aromatic heterocycles. The first-order valence-electron chi connectivity index (χ1n) is 10.2. The predicted octanol–water partition coefficient (Wildman–Crippen LogP) is 5.74. The summed E-state index contributed by atoms with van der Waals surface area (Å²) < 4.78 is 5.68. The van der Waals surface area contributed by atoms with E-state index in [1.165, 1.54) is 27.1 Å². The summed E-state index contributed by atoms with van der Waals surface area (Å²) in [5.74, 6) is 0.121. The van der Waals surface area contributed by atoms with Crippen LogP contribution in [0.1, 0.15) is 38.5 Å². The minimum absolute atomic E-state index is 0.00458. The second-order valence-corrected chi connectivity index (χ2v) is 9.58. The molecule has 148 valence electrons. The fourth-order valence-electron chi connectivity index (χ4n) is 4.73. The topological polar surface area (TPSA) is 29.5 Å². The van der Waals surface area contributed by atoms with Crippen LogP contribution in [0.15, 0.2) is 54.6 Å². The van der Waals surface area contributed by atoms with Gasteiger partial charge in [0.05, 0.1) is 4.88 Å². The van der Waals surface area contributed by atoms with Gasteiger partial charge in [0.15, 0.2) is 0 Å². The number of ether oxygens (including phenoxy) is 1. The number of hydrogen-bond acceptors (Lipinski definition) is 3. The molecule has 1 saturated heterocycles. The summed E-state index contributed by atoms with van der Waals surface area (Å²) in [6, 6.07) is 19.2. The maximum atomic E-state index is 13.4. The highest BCUT2D eigenvalue weighted by Crippen LogP contribution is 2.48. The lowest BCUT2D eigenvalue weighted by molar-refractivity contribution is 0.0547. The van der Waals surface area contributed by atoms with Gasteiger partial charge in [-0.1, -0.05) is 35.9 Å². The summed E-state index contributed by atoms with van der Waals surface area (Å²) in [6.45, 7) is 6.44. The molecule has 3 heterocycles. The van der Waals surface area contributed by atoms with Crippen LogP contribution in [0.25, 0.3) is 11.1 Å². The molecule has 0 bridgehead atoms. The van der Waals surface area contributed by atoms with Crippen molar-refractivity contribution in [2.45, 2.75) is 32.1 Å². The van der Waals surface area contributed by atoms with Crippen LogP contribution >= 0.6 is 11.3 Å². The molecule has 3 nitrogen and oxygen atoms in total. The standard InChI is InChI=1S/C25H25NO2S/c1-17-4-3-5-19(14-17)20-7-8-22-21(15-20)25(10-12-28-13-11-25)16-26(22)24(27)23-9-6-18(2)29-23/h3-9,14-15H,10-13,16H2,1-2H3. The fraction of sp³-hybridized carbons (Fsp3) is 0.320. The van der Waals surface area contributed by atoms with Crippen LogP contribution in [-0.4, -0.2) is 25.7 Å². The van der Waals surface area contributed by atoms with Crippen molar-refractivity contribution in [2.75, 3.05) is 24.7 Å². The van der Waals surface area contributed by atoms with E-state index < -0.39 is 0 Å². The van der Waals surface area contributed by atoms with E-state index in [2.05, 4.69) is 49.4 Å². The molecule has 0 unspecified atom stereocenters. The summed E-state index contributed by atoms with van der Waals surface area (Å²) in [5, 5.41) is 0. The van der Waals surface area contributed by atoms with E-state index in [1.807, 2.05) is 24.0 Å². The molecule has 2 aliphatic heterocycles. The lowest BCUT2D eigenvalue weighted by Crippen LogP contribution is -2.40. The third-order valence-electron chi connectivity index (χ3n) is 6.32. The highest BCUT2D eigenvalue weighted by Gasteiger charge is 2.46. The van der Waals surface area contributed by atoms with Gasteiger partial charge in [0.2, 0.25) is 0 Å². The number of thiophene rings is 1. The fourth-order valence-corrected chi connectivity index (χ4v) is 5.54. The molecule has 4 heteroatoms. The Balaban J connectivity index is 1.60. The van der Waals surface area contributed by atoms with E-state index >= 15 is 0 Å². The second kappa shape index (κ2) is 7.12. The average molecular weight is 404 g/mol. The molecule has 0 radical (unpaired) electrons. The van der Waals surface area contributed by atoms with Gasteiger partial charge in [-0.15, -0.1) is 11.3 Å².